The quantitative estimate of drug-likeness (QED) is 0.462. The fourth-order valence-corrected chi connectivity index (χ4v) is 3.79. The summed E-state index contributed by atoms with van der Waals surface area (Å²) in [5, 5.41) is 0. The van der Waals surface area contributed by atoms with Gasteiger partial charge >= 0.3 is 0 Å². The summed E-state index contributed by atoms with van der Waals surface area (Å²) in [5.74, 6) is 0. The zero-order valence-corrected chi connectivity index (χ0v) is 16.3. The van der Waals surface area contributed by atoms with Gasteiger partial charge in [0.2, 0.25) is 9.84 Å². The molecule has 7 N–H and O–H groups in total. The van der Waals surface area contributed by atoms with E-state index in [-0.39, 0.29) is 20.2 Å². The normalized spacial score (nSPS) is 10.9. The minimum Gasteiger partial charge on any atom is -0.744 e. The van der Waals surface area contributed by atoms with E-state index < -0.39 is 20.0 Å². The molecular weight excluding hydrogens is 404 g/mol. The Morgan fingerprint density at radius 1 is 0.679 bits per heavy atom. The molecule has 0 saturated carbocycles. The summed E-state index contributed by atoms with van der Waals surface area (Å²) in [6.45, 7) is 0. The molecule has 10 heteroatoms. The number of rotatable bonds is 3. The van der Waals surface area contributed by atoms with Gasteiger partial charge in [0.05, 0.1) is 14.7 Å². The van der Waals surface area contributed by atoms with E-state index in [1.165, 1.54) is 36.4 Å². The highest BCUT2D eigenvalue weighted by atomic mass is 32.2. The Morgan fingerprint density at radius 2 is 1.11 bits per heavy atom. The second kappa shape index (κ2) is 9.44. The van der Waals surface area contributed by atoms with Gasteiger partial charge in [-0.25, -0.2) is 16.8 Å². The molecule has 0 heterocycles. The summed E-state index contributed by atoms with van der Waals surface area (Å²) < 4.78 is 55.2. The van der Waals surface area contributed by atoms with Gasteiger partial charge in [-0.3, -0.25) is 0 Å². The molecule has 0 amide bonds. The average Bonchev–Trinajstić information content (AvgIpc) is 2.63. The van der Waals surface area contributed by atoms with E-state index in [9.17, 15) is 21.4 Å². The fourth-order valence-electron chi connectivity index (χ4n) is 2.04. The molecular formula is C18H20N2O6S2. The highest BCUT2D eigenvalue weighted by Gasteiger charge is 2.17. The van der Waals surface area contributed by atoms with Crippen molar-refractivity contribution in [2.24, 2.45) is 0 Å². The highest BCUT2D eigenvalue weighted by Crippen LogP contribution is 2.22. The van der Waals surface area contributed by atoms with E-state index in [1.54, 1.807) is 42.5 Å². The van der Waals surface area contributed by atoms with Crippen molar-refractivity contribution in [2.45, 2.75) is 14.7 Å². The van der Waals surface area contributed by atoms with Gasteiger partial charge in [-0.15, -0.1) is 0 Å². The zero-order chi connectivity index (χ0) is 20.1. The molecule has 0 saturated heterocycles. The zero-order valence-electron chi connectivity index (χ0n) is 14.6. The van der Waals surface area contributed by atoms with Crippen molar-refractivity contribution >= 4 is 31.3 Å². The maximum Gasteiger partial charge on any atom is 0.206 e. The molecule has 0 radical (unpaired) electrons. The highest BCUT2D eigenvalue weighted by molar-refractivity contribution is 7.91. The Labute approximate surface area is 163 Å². The minimum atomic E-state index is -4.25. The van der Waals surface area contributed by atoms with Gasteiger partial charge in [0.25, 0.3) is 0 Å². The molecule has 3 aromatic rings. The number of benzene rings is 3. The lowest BCUT2D eigenvalue weighted by molar-refractivity contribution is -0.254. The Bertz CT molecular complexity index is 1050. The van der Waals surface area contributed by atoms with Crippen molar-refractivity contribution in [1.29, 1.82) is 0 Å². The third kappa shape index (κ3) is 6.15. The summed E-state index contributed by atoms with van der Waals surface area (Å²) in [6.07, 6.45) is 0. The van der Waals surface area contributed by atoms with Crippen LogP contribution in [0.4, 0.5) is 11.4 Å². The number of quaternary nitrogens is 1. The molecule has 3 aromatic carbocycles. The molecule has 0 unspecified atom stereocenters. The van der Waals surface area contributed by atoms with Crippen molar-refractivity contribution in [2.75, 3.05) is 5.73 Å². The average molecular weight is 425 g/mol. The second-order valence-electron chi connectivity index (χ2n) is 5.48. The molecule has 0 bridgehead atoms. The third-order valence-electron chi connectivity index (χ3n) is 3.46. The van der Waals surface area contributed by atoms with E-state index in [4.69, 9.17) is 5.73 Å². The van der Waals surface area contributed by atoms with Gasteiger partial charge in [-0.1, -0.05) is 18.2 Å². The van der Waals surface area contributed by atoms with Crippen LogP contribution < -0.4 is 11.5 Å². The first-order valence-electron chi connectivity index (χ1n) is 7.64. The largest absolute Gasteiger partial charge is 0.744 e. The van der Waals surface area contributed by atoms with Gasteiger partial charge in [0.1, 0.15) is 15.8 Å². The van der Waals surface area contributed by atoms with Crippen LogP contribution in [0.3, 0.4) is 0 Å². The number of anilines is 1. The van der Waals surface area contributed by atoms with Crippen LogP contribution in [0.25, 0.3) is 0 Å². The molecule has 0 aliphatic rings. The number of nitrogens with two attached hydrogens (primary N) is 1. The van der Waals surface area contributed by atoms with Crippen LogP contribution >= 0.6 is 0 Å². The fraction of sp³-hybridized carbons (Fsp3) is 0. The lowest BCUT2D eigenvalue weighted by Gasteiger charge is -2.04. The Kier molecular flexibility index (Phi) is 7.85. The maximum absolute atomic E-state index is 12.2. The monoisotopic (exact) mass is 424 g/mol. The summed E-state index contributed by atoms with van der Waals surface area (Å²) in [5.41, 5.74) is 10.6. The first-order chi connectivity index (χ1) is 12.6. The molecule has 0 aromatic heterocycles. The number of hydrogen-bond donors (Lipinski definition) is 2. The van der Waals surface area contributed by atoms with Crippen molar-refractivity contribution < 1.29 is 32.6 Å². The van der Waals surface area contributed by atoms with Crippen molar-refractivity contribution in [3.05, 3.63) is 78.9 Å². The van der Waals surface area contributed by atoms with Gasteiger partial charge in [-0.05, 0) is 48.5 Å². The summed E-state index contributed by atoms with van der Waals surface area (Å²) in [4.78, 5) is 0.313. The van der Waals surface area contributed by atoms with E-state index in [0.717, 1.165) is 5.69 Å². The van der Waals surface area contributed by atoms with Crippen LogP contribution in [0.15, 0.2) is 93.5 Å². The van der Waals surface area contributed by atoms with E-state index >= 15 is 0 Å². The smallest absolute Gasteiger partial charge is 0.206 e. The van der Waals surface area contributed by atoms with Gasteiger partial charge < -0.3 is 21.5 Å². The van der Waals surface area contributed by atoms with Crippen molar-refractivity contribution in [3.63, 3.8) is 0 Å². The van der Waals surface area contributed by atoms with Gasteiger partial charge in [-0.2, -0.15) is 0 Å². The van der Waals surface area contributed by atoms with Crippen molar-refractivity contribution in [1.82, 2.24) is 0 Å². The van der Waals surface area contributed by atoms with Crippen LogP contribution in [0.2, 0.25) is 0 Å². The molecule has 0 aliphatic heterocycles. The number of nitrogen functional groups attached to an aromatic ring is 1. The lowest BCUT2D eigenvalue weighted by Crippen LogP contribution is -2.39. The lowest BCUT2D eigenvalue weighted by atomic mass is 10.3. The molecule has 150 valence electrons. The molecule has 0 spiro atoms. The number of sulfone groups is 1. The van der Waals surface area contributed by atoms with Crippen LogP contribution in [0.5, 0.6) is 0 Å². The van der Waals surface area contributed by atoms with Crippen LogP contribution in [0.1, 0.15) is 0 Å². The number of hydrogen-bond acceptors (Lipinski definition) is 6. The SMILES string of the molecule is Nc1ccc(S(=O)(=O)c2ccc([NH3+])cc2)cc1.O.O=S(=O)([O-])c1ccccc1. The Hall–Kier alpha value is -2.76. The molecule has 8 nitrogen and oxygen atoms in total. The summed E-state index contributed by atoms with van der Waals surface area (Å²) in [7, 11) is -7.71. The molecule has 0 aliphatic carbocycles. The minimum absolute atomic E-state index is 0. The first-order valence-corrected chi connectivity index (χ1v) is 10.5. The van der Waals surface area contributed by atoms with Crippen molar-refractivity contribution in [3.8, 4) is 0 Å². The molecule has 3 rings (SSSR count). The molecule has 28 heavy (non-hydrogen) atoms. The predicted octanol–water partition coefficient (Wildman–Crippen LogP) is 0.741. The summed E-state index contributed by atoms with van der Waals surface area (Å²) >= 11 is 0. The first kappa shape index (κ1) is 23.3. The topological polar surface area (TPSA) is 176 Å². The Balaban J connectivity index is 0.000000307. The van der Waals surface area contributed by atoms with E-state index in [1.807, 2.05) is 0 Å². The Morgan fingerprint density at radius 3 is 1.50 bits per heavy atom. The maximum atomic E-state index is 12.2. The van der Waals surface area contributed by atoms with Gasteiger partial charge in [0.15, 0.2) is 0 Å². The molecule has 0 fully saturated rings. The van der Waals surface area contributed by atoms with Crippen LogP contribution in [-0.2, 0) is 20.0 Å². The molecule has 0 atom stereocenters. The summed E-state index contributed by atoms with van der Waals surface area (Å²) in [6, 6.07) is 19.8. The van der Waals surface area contributed by atoms with E-state index in [2.05, 4.69) is 5.73 Å². The second-order valence-corrected chi connectivity index (χ2v) is 8.81. The van der Waals surface area contributed by atoms with Crippen LogP contribution in [0, 0.1) is 0 Å². The standard InChI is InChI=1S/C12H12N2O2S.C6H6O3S.H2O/c13-9-1-5-11(6-2-9)17(15,16)12-7-3-10(14)4-8-12;7-10(8,9)6-4-2-1-3-5-6;/h1-8H,13-14H2;1-5H,(H,7,8,9);1H2. The third-order valence-corrected chi connectivity index (χ3v) is 6.09. The predicted molar refractivity (Wildman–Crippen MR) is 103 cm³/mol. The van der Waals surface area contributed by atoms with E-state index in [0.29, 0.717) is 5.69 Å². The van der Waals surface area contributed by atoms with Crippen LogP contribution in [-0.4, -0.2) is 26.9 Å². The van der Waals surface area contributed by atoms with Gasteiger partial charge in [0, 0.05) is 17.8 Å².